The maximum absolute atomic E-state index is 12.4. The lowest BCUT2D eigenvalue weighted by molar-refractivity contribution is 0.368. The summed E-state index contributed by atoms with van der Waals surface area (Å²) >= 11 is 0. The van der Waals surface area contributed by atoms with E-state index in [2.05, 4.69) is 10.3 Å². The van der Waals surface area contributed by atoms with E-state index in [-0.39, 0.29) is 10.9 Å². The lowest BCUT2D eigenvalue weighted by Crippen LogP contribution is -2.35. The number of aromatic nitrogens is 1. The Labute approximate surface area is 116 Å². The van der Waals surface area contributed by atoms with Gasteiger partial charge in [0.05, 0.1) is 0 Å². The Balaban J connectivity index is 2.93. The number of sulfonamides is 1. The van der Waals surface area contributed by atoms with E-state index in [0.29, 0.717) is 5.82 Å². The first kappa shape index (κ1) is 15.9. The summed E-state index contributed by atoms with van der Waals surface area (Å²) in [6.45, 7) is 6.68. The van der Waals surface area contributed by atoms with Crippen LogP contribution in [0.15, 0.2) is 23.2 Å². The zero-order valence-corrected chi connectivity index (χ0v) is 12.9. The van der Waals surface area contributed by atoms with Crippen LogP contribution < -0.4 is 5.32 Å². The van der Waals surface area contributed by atoms with Crippen molar-refractivity contribution < 1.29 is 8.42 Å². The minimum atomic E-state index is -3.45. The van der Waals surface area contributed by atoms with Crippen molar-refractivity contribution in [1.82, 2.24) is 9.29 Å². The molecule has 1 atom stereocenters. The lowest BCUT2D eigenvalue weighted by Gasteiger charge is -2.23. The molecule has 0 amide bonds. The zero-order valence-electron chi connectivity index (χ0n) is 12.0. The summed E-state index contributed by atoms with van der Waals surface area (Å²) in [6, 6.07) is 3.27. The van der Waals surface area contributed by atoms with Gasteiger partial charge in [0.15, 0.2) is 0 Å². The summed E-state index contributed by atoms with van der Waals surface area (Å²) in [5, 5.41) is 3.04. The molecule has 0 aromatic carbocycles. The molecule has 0 aliphatic heterocycles. The predicted octanol–water partition coefficient (Wildman–Crippen LogP) is 2.32. The highest BCUT2D eigenvalue weighted by Crippen LogP contribution is 2.18. The van der Waals surface area contributed by atoms with Crippen LogP contribution in [-0.2, 0) is 10.0 Å². The molecule has 19 heavy (non-hydrogen) atoms. The van der Waals surface area contributed by atoms with Crippen LogP contribution in [0.3, 0.4) is 0 Å². The van der Waals surface area contributed by atoms with Crippen molar-refractivity contribution >= 4 is 15.8 Å². The van der Waals surface area contributed by atoms with Crippen molar-refractivity contribution in [3.05, 3.63) is 18.3 Å². The maximum Gasteiger partial charge on any atom is 0.244 e. The second kappa shape index (κ2) is 6.86. The third-order valence-corrected chi connectivity index (χ3v) is 5.05. The summed E-state index contributed by atoms with van der Waals surface area (Å²) in [6.07, 6.45) is 3.21. The molecule has 0 spiro atoms. The van der Waals surface area contributed by atoms with Crippen LogP contribution in [0.25, 0.3) is 0 Å². The summed E-state index contributed by atoms with van der Waals surface area (Å²) in [5.41, 5.74) is 0. The molecule has 1 heterocycles. The number of anilines is 1. The molecule has 0 saturated heterocycles. The van der Waals surface area contributed by atoms with Crippen molar-refractivity contribution in [1.29, 1.82) is 0 Å². The van der Waals surface area contributed by atoms with Crippen molar-refractivity contribution in [3.63, 3.8) is 0 Å². The first-order chi connectivity index (χ1) is 8.93. The predicted molar refractivity (Wildman–Crippen MR) is 77.7 cm³/mol. The molecule has 6 heteroatoms. The van der Waals surface area contributed by atoms with E-state index in [1.165, 1.54) is 10.5 Å². The van der Waals surface area contributed by atoms with Gasteiger partial charge in [-0.05, 0) is 32.4 Å². The molecule has 5 nitrogen and oxygen atoms in total. The lowest BCUT2D eigenvalue weighted by atomic mass is 10.2. The van der Waals surface area contributed by atoms with Gasteiger partial charge in [-0.25, -0.2) is 13.4 Å². The standard InChI is InChI=1S/C13H23N3O2S/c1-5-7-11(3)16(4)19(17,18)12-8-9-13(14-6-2)15-10-12/h8-11H,5-7H2,1-4H3,(H,14,15). The minimum Gasteiger partial charge on any atom is -0.370 e. The van der Waals surface area contributed by atoms with Gasteiger partial charge < -0.3 is 5.32 Å². The molecule has 0 aliphatic rings. The molecule has 0 saturated carbocycles. The fourth-order valence-electron chi connectivity index (χ4n) is 1.82. The highest BCUT2D eigenvalue weighted by Gasteiger charge is 2.25. The van der Waals surface area contributed by atoms with Gasteiger partial charge in [0.25, 0.3) is 0 Å². The minimum absolute atomic E-state index is 0.0107. The SMILES string of the molecule is CCCC(C)N(C)S(=O)(=O)c1ccc(NCC)nc1. The number of rotatable bonds is 7. The van der Waals surface area contributed by atoms with Crippen LogP contribution in [0.1, 0.15) is 33.6 Å². The van der Waals surface area contributed by atoms with Crippen LogP contribution in [0, 0.1) is 0 Å². The quantitative estimate of drug-likeness (QED) is 0.835. The van der Waals surface area contributed by atoms with E-state index >= 15 is 0 Å². The molecule has 0 aliphatic carbocycles. The summed E-state index contributed by atoms with van der Waals surface area (Å²) < 4.78 is 26.2. The number of nitrogens with one attached hydrogen (secondary N) is 1. The van der Waals surface area contributed by atoms with Crippen LogP contribution in [0.5, 0.6) is 0 Å². The maximum atomic E-state index is 12.4. The van der Waals surface area contributed by atoms with Crippen LogP contribution in [0.2, 0.25) is 0 Å². The summed E-state index contributed by atoms with van der Waals surface area (Å²) in [7, 11) is -1.83. The Morgan fingerprint density at radius 2 is 2.05 bits per heavy atom. The van der Waals surface area contributed by atoms with E-state index in [1.807, 2.05) is 20.8 Å². The Morgan fingerprint density at radius 1 is 1.37 bits per heavy atom. The fraction of sp³-hybridized carbons (Fsp3) is 0.615. The normalized spacial score (nSPS) is 13.5. The zero-order chi connectivity index (χ0) is 14.5. The third kappa shape index (κ3) is 3.91. The third-order valence-electron chi connectivity index (χ3n) is 3.10. The van der Waals surface area contributed by atoms with E-state index in [1.54, 1.807) is 19.2 Å². The molecule has 0 bridgehead atoms. The van der Waals surface area contributed by atoms with Gasteiger partial charge in [0.1, 0.15) is 10.7 Å². The van der Waals surface area contributed by atoms with Crippen LogP contribution in [0.4, 0.5) is 5.82 Å². The molecule has 1 aromatic rings. The van der Waals surface area contributed by atoms with Crippen LogP contribution >= 0.6 is 0 Å². The molecule has 1 N–H and O–H groups in total. The largest absolute Gasteiger partial charge is 0.370 e. The number of nitrogens with zero attached hydrogens (tertiary/aromatic N) is 2. The Morgan fingerprint density at radius 3 is 2.53 bits per heavy atom. The van der Waals surface area contributed by atoms with E-state index < -0.39 is 10.0 Å². The second-order valence-electron chi connectivity index (χ2n) is 4.57. The van der Waals surface area contributed by atoms with Gasteiger partial charge in [0, 0.05) is 25.8 Å². The molecule has 0 radical (unpaired) electrons. The van der Waals surface area contributed by atoms with Gasteiger partial charge in [0.2, 0.25) is 10.0 Å². The van der Waals surface area contributed by atoms with Crippen molar-refractivity contribution in [2.75, 3.05) is 18.9 Å². The molecule has 1 rings (SSSR count). The van der Waals surface area contributed by atoms with E-state index in [0.717, 1.165) is 19.4 Å². The number of hydrogen-bond acceptors (Lipinski definition) is 4. The first-order valence-electron chi connectivity index (χ1n) is 6.61. The molecular formula is C13H23N3O2S. The highest BCUT2D eigenvalue weighted by molar-refractivity contribution is 7.89. The van der Waals surface area contributed by atoms with Gasteiger partial charge in [-0.15, -0.1) is 0 Å². The van der Waals surface area contributed by atoms with Crippen molar-refractivity contribution in [2.45, 2.75) is 44.6 Å². The highest BCUT2D eigenvalue weighted by atomic mass is 32.2. The topological polar surface area (TPSA) is 62.3 Å². The van der Waals surface area contributed by atoms with Crippen molar-refractivity contribution in [3.8, 4) is 0 Å². The number of hydrogen-bond donors (Lipinski definition) is 1. The molecule has 1 unspecified atom stereocenters. The van der Waals surface area contributed by atoms with E-state index in [9.17, 15) is 8.42 Å². The number of pyridine rings is 1. The van der Waals surface area contributed by atoms with E-state index in [4.69, 9.17) is 0 Å². The Hall–Kier alpha value is -1.14. The van der Waals surface area contributed by atoms with Crippen molar-refractivity contribution in [2.24, 2.45) is 0 Å². The Bertz CT molecular complexity index is 485. The monoisotopic (exact) mass is 285 g/mol. The molecule has 0 fully saturated rings. The molecular weight excluding hydrogens is 262 g/mol. The second-order valence-corrected chi connectivity index (χ2v) is 6.57. The Kier molecular flexibility index (Phi) is 5.75. The average Bonchev–Trinajstić information content (AvgIpc) is 2.39. The average molecular weight is 285 g/mol. The van der Waals surface area contributed by atoms with Gasteiger partial charge in [-0.1, -0.05) is 13.3 Å². The molecule has 1 aromatic heterocycles. The molecule has 108 valence electrons. The smallest absolute Gasteiger partial charge is 0.244 e. The first-order valence-corrected chi connectivity index (χ1v) is 8.05. The van der Waals surface area contributed by atoms with Gasteiger partial charge in [-0.2, -0.15) is 4.31 Å². The van der Waals surface area contributed by atoms with Gasteiger partial charge in [-0.3, -0.25) is 0 Å². The summed E-state index contributed by atoms with van der Waals surface area (Å²) in [4.78, 5) is 4.34. The van der Waals surface area contributed by atoms with Crippen LogP contribution in [-0.4, -0.2) is 37.3 Å². The fourth-order valence-corrected chi connectivity index (χ4v) is 3.16. The van der Waals surface area contributed by atoms with Gasteiger partial charge >= 0.3 is 0 Å². The summed E-state index contributed by atoms with van der Waals surface area (Å²) in [5.74, 6) is 0.686.